The molecule has 170 valence electrons. The third-order valence-electron chi connectivity index (χ3n) is 5.85. The van der Waals surface area contributed by atoms with Crippen molar-refractivity contribution in [3.05, 3.63) is 53.4 Å². The maximum Gasteiger partial charge on any atom is 0.244 e. The number of imidazole rings is 1. The molecular formula is C23H24ClN7O2. The summed E-state index contributed by atoms with van der Waals surface area (Å²) in [5, 5.41) is 6.12. The molecule has 0 saturated carbocycles. The number of halogens is 1. The number of benzene rings is 1. The number of aromatic nitrogens is 5. The first-order valence-corrected chi connectivity index (χ1v) is 11.1. The Bertz CT molecular complexity index is 1310. The van der Waals surface area contributed by atoms with E-state index in [0.29, 0.717) is 41.0 Å². The van der Waals surface area contributed by atoms with Crippen LogP contribution in [0.3, 0.4) is 0 Å². The molecule has 0 spiro atoms. The number of hydrogen-bond acceptors (Lipinski definition) is 6. The number of fused-ring (bicyclic) bond motifs is 1. The summed E-state index contributed by atoms with van der Waals surface area (Å²) in [6.07, 6.45) is 3.47. The zero-order valence-corrected chi connectivity index (χ0v) is 19.2. The van der Waals surface area contributed by atoms with Crippen LogP contribution in [0.5, 0.6) is 5.75 Å². The van der Waals surface area contributed by atoms with Crippen LogP contribution >= 0.6 is 11.6 Å². The highest BCUT2D eigenvalue weighted by Gasteiger charge is 2.24. The molecule has 1 aliphatic rings. The number of pyridine rings is 1. The summed E-state index contributed by atoms with van der Waals surface area (Å²) in [4.78, 5) is 29.3. The average Bonchev–Trinajstić information content (AvgIpc) is 3.43. The van der Waals surface area contributed by atoms with Gasteiger partial charge in [-0.1, -0.05) is 11.6 Å². The Morgan fingerprint density at radius 3 is 2.73 bits per heavy atom. The van der Waals surface area contributed by atoms with Crippen LogP contribution in [0.4, 0.5) is 5.69 Å². The predicted octanol–water partition coefficient (Wildman–Crippen LogP) is 3.14. The lowest BCUT2D eigenvalue weighted by Crippen LogP contribution is -2.49. The molecule has 0 radical (unpaired) electrons. The largest absolute Gasteiger partial charge is 0.495 e. The van der Waals surface area contributed by atoms with Crippen molar-refractivity contribution >= 4 is 34.2 Å². The average molecular weight is 466 g/mol. The van der Waals surface area contributed by atoms with Crippen LogP contribution in [0, 0.1) is 6.92 Å². The summed E-state index contributed by atoms with van der Waals surface area (Å²) < 4.78 is 7.00. The van der Waals surface area contributed by atoms with Crippen molar-refractivity contribution in [2.45, 2.75) is 13.5 Å². The van der Waals surface area contributed by atoms with Gasteiger partial charge in [-0.3, -0.25) is 4.79 Å². The van der Waals surface area contributed by atoms with Gasteiger partial charge in [0.2, 0.25) is 5.91 Å². The third kappa shape index (κ3) is 4.11. The molecule has 0 bridgehead atoms. The molecule has 4 heterocycles. The second-order valence-corrected chi connectivity index (χ2v) is 8.39. The number of nitrogens with one attached hydrogen (secondary N) is 1. The fraction of sp³-hybridized carbons (Fsp3) is 0.304. The van der Waals surface area contributed by atoms with Gasteiger partial charge in [-0.05, 0) is 31.2 Å². The fourth-order valence-electron chi connectivity index (χ4n) is 4.11. The van der Waals surface area contributed by atoms with Crippen molar-refractivity contribution < 1.29 is 9.53 Å². The number of aryl methyl sites for hydroxylation is 1. The summed E-state index contributed by atoms with van der Waals surface area (Å²) in [7, 11) is 1.61. The second kappa shape index (κ2) is 8.74. The van der Waals surface area contributed by atoms with E-state index in [4.69, 9.17) is 16.3 Å². The van der Waals surface area contributed by atoms with Crippen LogP contribution in [0.15, 0.2) is 42.7 Å². The standard InChI is InChI=1S/C23H24ClN7O2/c1-15-13-26-22(27-15)21-17-4-3-7-25-23(17)31(28-21)14-20(32)30-10-8-29(9-11-30)16-5-6-18(24)19(12-16)33-2/h3-7,12-13H,8-11,14H2,1-2H3,(H,26,27). The molecule has 33 heavy (non-hydrogen) atoms. The fourth-order valence-corrected chi connectivity index (χ4v) is 4.31. The van der Waals surface area contributed by atoms with Gasteiger partial charge in [0.1, 0.15) is 18.0 Å². The zero-order valence-electron chi connectivity index (χ0n) is 18.5. The van der Waals surface area contributed by atoms with Crippen molar-refractivity contribution in [3.63, 3.8) is 0 Å². The molecule has 0 aliphatic carbocycles. The van der Waals surface area contributed by atoms with Gasteiger partial charge < -0.3 is 19.5 Å². The van der Waals surface area contributed by atoms with Gasteiger partial charge in [0.25, 0.3) is 0 Å². The van der Waals surface area contributed by atoms with Crippen LogP contribution < -0.4 is 9.64 Å². The van der Waals surface area contributed by atoms with Crippen molar-refractivity contribution in [2.24, 2.45) is 0 Å². The van der Waals surface area contributed by atoms with Crippen LogP contribution in [0.2, 0.25) is 5.02 Å². The Hall–Kier alpha value is -3.59. The lowest BCUT2D eigenvalue weighted by Gasteiger charge is -2.36. The number of carbonyl (C=O) groups excluding carboxylic acids is 1. The third-order valence-corrected chi connectivity index (χ3v) is 6.16. The smallest absolute Gasteiger partial charge is 0.244 e. The molecule has 3 aromatic heterocycles. The van der Waals surface area contributed by atoms with Gasteiger partial charge in [0, 0.05) is 56.0 Å². The number of amides is 1. The summed E-state index contributed by atoms with van der Waals surface area (Å²) in [5.74, 6) is 1.33. The van der Waals surface area contributed by atoms with Crippen LogP contribution in [0.1, 0.15) is 5.69 Å². The van der Waals surface area contributed by atoms with Gasteiger partial charge >= 0.3 is 0 Å². The first-order valence-electron chi connectivity index (χ1n) is 10.7. The molecule has 9 nitrogen and oxygen atoms in total. The van der Waals surface area contributed by atoms with Crippen molar-refractivity contribution in [2.75, 3.05) is 38.2 Å². The molecule has 1 amide bonds. The Labute approximate surface area is 195 Å². The van der Waals surface area contributed by atoms with Gasteiger partial charge in [-0.2, -0.15) is 5.10 Å². The SMILES string of the molecule is COc1cc(N2CCN(C(=O)Cn3nc(-c4ncc(C)[nH]4)c4cccnc43)CC2)ccc1Cl. The molecule has 1 N–H and O–H groups in total. The Kier molecular flexibility index (Phi) is 5.63. The Morgan fingerprint density at radius 2 is 2.00 bits per heavy atom. The molecule has 4 aromatic rings. The Morgan fingerprint density at radius 1 is 1.18 bits per heavy atom. The highest BCUT2D eigenvalue weighted by atomic mass is 35.5. The summed E-state index contributed by atoms with van der Waals surface area (Å²) in [5.41, 5.74) is 3.34. The van der Waals surface area contributed by atoms with E-state index in [0.717, 1.165) is 29.9 Å². The van der Waals surface area contributed by atoms with Crippen LogP contribution in [-0.2, 0) is 11.3 Å². The van der Waals surface area contributed by atoms with E-state index in [-0.39, 0.29) is 12.5 Å². The summed E-state index contributed by atoms with van der Waals surface area (Å²) in [6, 6.07) is 9.55. The highest BCUT2D eigenvalue weighted by molar-refractivity contribution is 6.32. The molecule has 0 atom stereocenters. The minimum atomic E-state index is 0.0144. The maximum absolute atomic E-state index is 13.1. The normalized spacial score (nSPS) is 14.2. The number of ether oxygens (including phenoxy) is 1. The van der Waals surface area contributed by atoms with E-state index in [9.17, 15) is 4.79 Å². The first kappa shape index (κ1) is 21.3. The number of rotatable bonds is 5. The number of carbonyl (C=O) groups is 1. The van der Waals surface area contributed by atoms with Crippen LogP contribution in [0.25, 0.3) is 22.6 Å². The van der Waals surface area contributed by atoms with Gasteiger partial charge in [0.05, 0.1) is 17.5 Å². The molecule has 5 rings (SSSR count). The predicted molar refractivity (Wildman–Crippen MR) is 127 cm³/mol. The van der Waals surface area contributed by atoms with E-state index in [1.807, 2.05) is 42.2 Å². The van der Waals surface area contributed by atoms with Gasteiger partial charge in [-0.25, -0.2) is 14.6 Å². The first-order chi connectivity index (χ1) is 16.0. The van der Waals surface area contributed by atoms with E-state index < -0.39 is 0 Å². The number of methoxy groups -OCH3 is 1. The number of hydrogen-bond donors (Lipinski definition) is 1. The van der Waals surface area contributed by atoms with Crippen molar-refractivity contribution in [3.8, 4) is 17.3 Å². The number of piperazine rings is 1. The van der Waals surface area contributed by atoms with Crippen LogP contribution in [-0.4, -0.2) is 68.8 Å². The number of aromatic amines is 1. The summed E-state index contributed by atoms with van der Waals surface area (Å²) in [6.45, 7) is 4.78. The minimum Gasteiger partial charge on any atom is -0.495 e. The monoisotopic (exact) mass is 465 g/mol. The van der Waals surface area contributed by atoms with Gasteiger partial charge in [-0.15, -0.1) is 0 Å². The second-order valence-electron chi connectivity index (χ2n) is 7.98. The van der Waals surface area contributed by atoms with Crippen molar-refractivity contribution in [1.29, 1.82) is 0 Å². The Balaban J connectivity index is 1.30. The van der Waals surface area contributed by atoms with E-state index >= 15 is 0 Å². The molecule has 10 heteroatoms. The lowest BCUT2D eigenvalue weighted by atomic mass is 10.2. The quantitative estimate of drug-likeness (QED) is 0.487. The molecule has 1 aliphatic heterocycles. The highest BCUT2D eigenvalue weighted by Crippen LogP contribution is 2.30. The van der Waals surface area contributed by atoms with Gasteiger partial charge in [0.15, 0.2) is 11.5 Å². The molecule has 0 unspecified atom stereocenters. The molecular weight excluding hydrogens is 442 g/mol. The topological polar surface area (TPSA) is 92.2 Å². The molecule has 1 saturated heterocycles. The van der Waals surface area contributed by atoms with Crippen molar-refractivity contribution in [1.82, 2.24) is 29.6 Å². The maximum atomic E-state index is 13.1. The van der Waals surface area contributed by atoms with E-state index in [1.54, 1.807) is 24.2 Å². The molecule has 1 fully saturated rings. The number of anilines is 1. The molecule has 1 aromatic carbocycles. The summed E-state index contributed by atoms with van der Waals surface area (Å²) >= 11 is 6.14. The van der Waals surface area contributed by atoms with E-state index in [2.05, 4.69) is 25.0 Å². The minimum absolute atomic E-state index is 0.0144. The van der Waals surface area contributed by atoms with E-state index in [1.165, 1.54) is 0 Å². The lowest BCUT2D eigenvalue weighted by molar-refractivity contribution is -0.132. The number of H-pyrrole nitrogens is 1. The number of nitrogens with zero attached hydrogens (tertiary/aromatic N) is 6. The zero-order chi connectivity index (χ0) is 22.9.